The third-order valence-electron chi connectivity index (χ3n) is 4.01. The first kappa shape index (κ1) is 14.4. The molecule has 0 radical (unpaired) electrons. The minimum Gasteiger partial charge on any atom is -0.454 e. The molecular weight excluding hydrogens is 286 g/mol. The molecule has 1 fully saturated rings. The minimum absolute atomic E-state index is 0.314. The predicted octanol–water partition coefficient (Wildman–Crippen LogP) is 0.0102. The number of benzene rings is 1. The molecular formula is C15H22N3O2S+. The Balaban J connectivity index is 1.53. The highest BCUT2D eigenvalue weighted by Gasteiger charge is 2.17. The van der Waals surface area contributed by atoms with Crippen molar-refractivity contribution in [1.82, 2.24) is 10.2 Å². The molecule has 2 N–H and O–H groups in total. The van der Waals surface area contributed by atoms with Crippen molar-refractivity contribution in [3.8, 4) is 11.5 Å². The van der Waals surface area contributed by atoms with E-state index in [4.69, 9.17) is 21.7 Å². The van der Waals surface area contributed by atoms with Gasteiger partial charge in [-0.3, -0.25) is 0 Å². The molecule has 0 aromatic heterocycles. The van der Waals surface area contributed by atoms with Crippen LogP contribution in [0.4, 0.5) is 0 Å². The smallest absolute Gasteiger partial charge is 0.231 e. The van der Waals surface area contributed by atoms with Gasteiger partial charge in [-0.15, -0.1) is 0 Å². The van der Waals surface area contributed by atoms with E-state index in [2.05, 4.69) is 17.3 Å². The van der Waals surface area contributed by atoms with Crippen molar-refractivity contribution < 1.29 is 14.4 Å². The van der Waals surface area contributed by atoms with E-state index in [-0.39, 0.29) is 0 Å². The Bertz CT molecular complexity index is 524. The number of nitrogens with one attached hydrogen (secondary N) is 2. The van der Waals surface area contributed by atoms with Gasteiger partial charge in [0.25, 0.3) is 0 Å². The summed E-state index contributed by atoms with van der Waals surface area (Å²) < 4.78 is 10.7. The summed E-state index contributed by atoms with van der Waals surface area (Å²) in [6.45, 7) is 5.47. The molecule has 1 aromatic carbocycles. The number of hydrogen-bond acceptors (Lipinski definition) is 3. The maximum Gasteiger partial charge on any atom is 0.231 e. The van der Waals surface area contributed by atoms with Crippen molar-refractivity contribution >= 4 is 17.3 Å². The summed E-state index contributed by atoms with van der Waals surface area (Å²) in [4.78, 5) is 3.86. The van der Waals surface area contributed by atoms with Crippen LogP contribution in [0.1, 0.15) is 12.0 Å². The van der Waals surface area contributed by atoms with E-state index in [9.17, 15) is 0 Å². The molecule has 6 heteroatoms. The van der Waals surface area contributed by atoms with Gasteiger partial charge in [0, 0.05) is 19.5 Å². The van der Waals surface area contributed by atoms with E-state index in [0.717, 1.165) is 41.8 Å². The molecule has 2 aliphatic heterocycles. The summed E-state index contributed by atoms with van der Waals surface area (Å²) in [5.41, 5.74) is 1.15. The summed E-state index contributed by atoms with van der Waals surface area (Å²) in [6.07, 6.45) is 1.19. The minimum atomic E-state index is 0.314. The number of hydrogen-bond donors (Lipinski definition) is 2. The third-order valence-corrected chi connectivity index (χ3v) is 4.41. The summed E-state index contributed by atoms with van der Waals surface area (Å²) in [5, 5.41) is 4.20. The fourth-order valence-corrected chi connectivity index (χ4v) is 2.93. The summed E-state index contributed by atoms with van der Waals surface area (Å²) in [7, 11) is 2.24. The van der Waals surface area contributed by atoms with Crippen molar-refractivity contribution in [3.63, 3.8) is 0 Å². The van der Waals surface area contributed by atoms with Gasteiger partial charge in [-0.2, -0.15) is 0 Å². The van der Waals surface area contributed by atoms with Crippen LogP contribution < -0.4 is 19.7 Å². The average Bonchev–Trinajstić information content (AvgIpc) is 2.85. The SMILES string of the molecule is C[NH+]1CCCN(C(=S)NCc2ccc3c(c2)OCO3)CC1. The van der Waals surface area contributed by atoms with E-state index in [1.54, 1.807) is 4.90 Å². The van der Waals surface area contributed by atoms with E-state index >= 15 is 0 Å². The number of quaternary nitrogens is 1. The fraction of sp³-hybridized carbons (Fsp3) is 0.533. The molecule has 0 bridgehead atoms. The first-order valence-corrected chi connectivity index (χ1v) is 7.86. The first-order chi connectivity index (χ1) is 10.2. The lowest BCUT2D eigenvalue weighted by molar-refractivity contribution is -0.877. The quantitative estimate of drug-likeness (QED) is 0.753. The zero-order valence-electron chi connectivity index (χ0n) is 12.4. The van der Waals surface area contributed by atoms with Crippen LogP contribution in [0.3, 0.4) is 0 Å². The van der Waals surface area contributed by atoms with Gasteiger partial charge in [0.1, 0.15) is 0 Å². The monoisotopic (exact) mass is 308 g/mol. The van der Waals surface area contributed by atoms with Crippen molar-refractivity contribution in [2.24, 2.45) is 0 Å². The third kappa shape index (κ3) is 3.57. The molecule has 1 aromatic rings. The van der Waals surface area contributed by atoms with Gasteiger partial charge in [0.2, 0.25) is 6.79 Å². The second-order valence-corrected chi connectivity index (χ2v) is 6.03. The van der Waals surface area contributed by atoms with Gasteiger partial charge >= 0.3 is 0 Å². The molecule has 1 atom stereocenters. The molecule has 5 nitrogen and oxygen atoms in total. The highest BCUT2D eigenvalue weighted by atomic mass is 32.1. The maximum atomic E-state index is 5.52. The van der Waals surface area contributed by atoms with Gasteiger partial charge in [-0.1, -0.05) is 6.07 Å². The highest BCUT2D eigenvalue weighted by Crippen LogP contribution is 2.32. The Morgan fingerprint density at radius 2 is 2.14 bits per heavy atom. The largest absolute Gasteiger partial charge is 0.454 e. The highest BCUT2D eigenvalue weighted by molar-refractivity contribution is 7.80. The van der Waals surface area contributed by atoms with Crippen LogP contribution in [0, 0.1) is 0 Å². The molecule has 1 saturated heterocycles. The maximum absolute atomic E-state index is 5.52. The summed E-state index contributed by atoms with van der Waals surface area (Å²) in [5.74, 6) is 1.64. The standard InChI is InChI=1S/C15H21N3O2S/c1-17-5-2-6-18(8-7-17)15(21)16-10-12-3-4-13-14(9-12)20-11-19-13/h3-4,9H,2,5-8,10-11H2,1H3,(H,16,21)/p+1. The fourth-order valence-electron chi connectivity index (χ4n) is 2.68. The van der Waals surface area contributed by atoms with Crippen LogP contribution in [0.5, 0.6) is 11.5 Å². The van der Waals surface area contributed by atoms with Crippen molar-refractivity contribution in [2.45, 2.75) is 13.0 Å². The Hall–Kier alpha value is -1.53. The number of likely N-dealkylation sites (N-methyl/N-ethyl adjacent to an activating group) is 1. The molecule has 3 rings (SSSR count). The Morgan fingerprint density at radius 1 is 1.29 bits per heavy atom. The van der Waals surface area contributed by atoms with Gasteiger partial charge in [-0.05, 0) is 29.9 Å². The molecule has 21 heavy (non-hydrogen) atoms. The Kier molecular flexibility index (Phi) is 4.45. The molecule has 0 saturated carbocycles. The zero-order chi connectivity index (χ0) is 14.7. The van der Waals surface area contributed by atoms with Crippen molar-refractivity contribution in [1.29, 1.82) is 0 Å². The number of fused-ring (bicyclic) bond motifs is 1. The predicted molar refractivity (Wildman–Crippen MR) is 84.8 cm³/mol. The lowest BCUT2D eigenvalue weighted by Crippen LogP contribution is -3.09. The molecule has 0 spiro atoms. The first-order valence-electron chi connectivity index (χ1n) is 7.45. The van der Waals surface area contributed by atoms with Crippen molar-refractivity contribution in [3.05, 3.63) is 23.8 Å². The molecule has 2 heterocycles. The van der Waals surface area contributed by atoms with Gasteiger partial charge in [0.15, 0.2) is 16.6 Å². The van der Waals surface area contributed by atoms with E-state index < -0.39 is 0 Å². The van der Waals surface area contributed by atoms with Crippen LogP contribution in [0.2, 0.25) is 0 Å². The van der Waals surface area contributed by atoms with Crippen LogP contribution >= 0.6 is 12.2 Å². The molecule has 1 unspecified atom stereocenters. The molecule has 2 aliphatic rings. The lowest BCUT2D eigenvalue weighted by Gasteiger charge is -2.23. The number of nitrogens with zero attached hydrogens (tertiary/aromatic N) is 1. The van der Waals surface area contributed by atoms with E-state index in [1.165, 1.54) is 13.0 Å². The molecule has 0 amide bonds. The molecule has 0 aliphatic carbocycles. The normalized spacial score (nSPS) is 21.0. The van der Waals surface area contributed by atoms with Crippen LogP contribution in [-0.2, 0) is 6.54 Å². The van der Waals surface area contributed by atoms with Crippen molar-refractivity contribution in [2.75, 3.05) is 40.0 Å². The number of rotatable bonds is 2. The Labute approximate surface area is 130 Å². The van der Waals surface area contributed by atoms with E-state index in [0.29, 0.717) is 13.3 Å². The second-order valence-electron chi connectivity index (χ2n) is 5.64. The van der Waals surface area contributed by atoms with Gasteiger partial charge in [0.05, 0.1) is 26.7 Å². The van der Waals surface area contributed by atoms with Crippen LogP contribution in [-0.4, -0.2) is 50.0 Å². The lowest BCUT2D eigenvalue weighted by atomic mass is 10.2. The van der Waals surface area contributed by atoms with Gasteiger partial charge in [-0.25, -0.2) is 0 Å². The van der Waals surface area contributed by atoms with Gasteiger partial charge < -0.3 is 24.6 Å². The molecule has 114 valence electrons. The Morgan fingerprint density at radius 3 is 3.05 bits per heavy atom. The van der Waals surface area contributed by atoms with Crippen LogP contribution in [0.15, 0.2) is 18.2 Å². The number of ether oxygens (including phenoxy) is 2. The summed E-state index contributed by atoms with van der Waals surface area (Å²) in [6, 6.07) is 6.01. The number of thiocarbonyl (C=S) groups is 1. The average molecular weight is 308 g/mol. The zero-order valence-corrected chi connectivity index (χ0v) is 13.2. The topological polar surface area (TPSA) is 38.2 Å². The van der Waals surface area contributed by atoms with E-state index in [1.807, 2.05) is 18.2 Å². The second kappa shape index (κ2) is 6.49. The van der Waals surface area contributed by atoms with Crippen LogP contribution in [0.25, 0.3) is 0 Å². The summed E-state index contributed by atoms with van der Waals surface area (Å²) >= 11 is 5.52.